The van der Waals surface area contributed by atoms with Crippen LogP contribution in [0.5, 0.6) is 11.5 Å². The van der Waals surface area contributed by atoms with Crippen LogP contribution >= 0.6 is 0 Å². The van der Waals surface area contributed by atoms with Crippen LogP contribution in [0.2, 0.25) is 0 Å². The molecule has 1 atom stereocenters. The van der Waals surface area contributed by atoms with Crippen LogP contribution in [0, 0.1) is 16.0 Å². The minimum atomic E-state index is -0.478. The van der Waals surface area contributed by atoms with Gasteiger partial charge in [-0.25, -0.2) is 0 Å². The molecule has 0 saturated carbocycles. The smallest absolute Gasteiger partial charge is 0.269 e. The highest BCUT2D eigenvalue weighted by atomic mass is 16.6. The van der Waals surface area contributed by atoms with Gasteiger partial charge in [-0.2, -0.15) is 0 Å². The summed E-state index contributed by atoms with van der Waals surface area (Å²) >= 11 is 0. The minimum absolute atomic E-state index is 0.00738. The number of anilines is 1. The van der Waals surface area contributed by atoms with Crippen LogP contribution in [0.25, 0.3) is 0 Å². The standard InChI is InChI=1S/C20H21N3O6/c1-28-17-8-7-16(10-18(17)29-2)22-12-14(9-19(22)24)20(25)21-11-13-3-5-15(6-4-13)23(26)27/h3-8,10,14H,9,11-12H2,1-2H3,(H,21,25). The highest BCUT2D eigenvalue weighted by Crippen LogP contribution is 2.34. The number of hydrogen-bond donors (Lipinski definition) is 1. The van der Waals surface area contributed by atoms with Crippen LogP contribution in [0.4, 0.5) is 11.4 Å². The molecule has 2 amide bonds. The van der Waals surface area contributed by atoms with Crippen LogP contribution < -0.4 is 19.7 Å². The number of nitro benzene ring substituents is 1. The van der Waals surface area contributed by atoms with Gasteiger partial charge in [0.25, 0.3) is 5.69 Å². The average molecular weight is 399 g/mol. The second-order valence-electron chi connectivity index (χ2n) is 6.59. The summed E-state index contributed by atoms with van der Waals surface area (Å²) in [5.41, 5.74) is 1.37. The van der Waals surface area contributed by atoms with E-state index >= 15 is 0 Å². The number of ether oxygens (including phenoxy) is 2. The van der Waals surface area contributed by atoms with Gasteiger partial charge in [-0.3, -0.25) is 19.7 Å². The zero-order valence-electron chi connectivity index (χ0n) is 16.1. The van der Waals surface area contributed by atoms with Crippen molar-refractivity contribution in [2.24, 2.45) is 5.92 Å². The molecule has 1 N–H and O–H groups in total. The quantitative estimate of drug-likeness (QED) is 0.565. The average Bonchev–Trinajstić information content (AvgIpc) is 3.13. The SMILES string of the molecule is COc1ccc(N2CC(C(=O)NCc3ccc([N+](=O)[O-])cc3)CC2=O)cc1OC. The number of benzene rings is 2. The van der Waals surface area contributed by atoms with Crippen LogP contribution in [0.3, 0.4) is 0 Å². The van der Waals surface area contributed by atoms with E-state index in [0.29, 0.717) is 17.2 Å². The zero-order chi connectivity index (χ0) is 21.0. The Labute approximate surface area is 167 Å². The summed E-state index contributed by atoms with van der Waals surface area (Å²) in [5.74, 6) is 0.199. The molecule has 1 heterocycles. The molecular formula is C20H21N3O6. The van der Waals surface area contributed by atoms with Gasteiger partial charge >= 0.3 is 0 Å². The lowest BCUT2D eigenvalue weighted by Crippen LogP contribution is -2.32. The van der Waals surface area contributed by atoms with Gasteiger partial charge in [-0.05, 0) is 17.7 Å². The van der Waals surface area contributed by atoms with Gasteiger partial charge in [0.2, 0.25) is 11.8 Å². The number of hydrogen-bond acceptors (Lipinski definition) is 6. The predicted molar refractivity (Wildman–Crippen MR) is 105 cm³/mol. The maximum Gasteiger partial charge on any atom is 0.269 e. The van der Waals surface area contributed by atoms with Gasteiger partial charge in [-0.15, -0.1) is 0 Å². The molecule has 9 nitrogen and oxygen atoms in total. The molecule has 0 spiro atoms. The Morgan fingerprint density at radius 3 is 2.48 bits per heavy atom. The van der Waals surface area contributed by atoms with Crippen LogP contribution in [-0.4, -0.2) is 37.5 Å². The van der Waals surface area contributed by atoms with E-state index in [1.54, 1.807) is 35.2 Å². The van der Waals surface area contributed by atoms with E-state index in [1.165, 1.54) is 26.4 Å². The van der Waals surface area contributed by atoms with E-state index in [-0.39, 0.29) is 37.0 Å². The normalized spacial score (nSPS) is 15.9. The molecular weight excluding hydrogens is 378 g/mol. The Balaban J connectivity index is 1.62. The van der Waals surface area contributed by atoms with Gasteiger partial charge in [0.1, 0.15) is 0 Å². The monoisotopic (exact) mass is 399 g/mol. The number of rotatable bonds is 7. The third kappa shape index (κ3) is 4.45. The lowest BCUT2D eigenvalue weighted by Gasteiger charge is -2.18. The second-order valence-corrected chi connectivity index (χ2v) is 6.59. The van der Waals surface area contributed by atoms with Crippen molar-refractivity contribution in [3.05, 3.63) is 58.1 Å². The molecule has 0 radical (unpaired) electrons. The predicted octanol–water partition coefficient (Wildman–Crippen LogP) is 2.28. The van der Waals surface area contributed by atoms with Gasteiger partial charge in [-0.1, -0.05) is 12.1 Å². The van der Waals surface area contributed by atoms with E-state index < -0.39 is 10.8 Å². The third-order valence-corrected chi connectivity index (χ3v) is 4.79. The zero-order valence-corrected chi connectivity index (χ0v) is 16.1. The first-order valence-electron chi connectivity index (χ1n) is 8.96. The van der Waals surface area contributed by atoms with Crippen molar-refractivity contribution in [3.8, 4) is 11.5 Å². The van der Waals surface area contributed by atoms with Crippen LogP contribution in [0.1, 0.15) is 12.0 Å². The first-order chi connectivity index (χ1) is 13.9. The van der Waals surface area contributed by atoms with Crippen molar-refractivity contribution in [1.29, 1.82) is 0 Å². The van der Waals surface area contributed by atoms with Crippen molar-refractivity contribution in [2.45, 2.75) is 13.0 Å². The van der Waals surface area contributed by atoms with Gasteiger partial charge in [0, 0.05) is 43.4 Å². The number of methoxy groups -OCH3 is 2. The van der Waals surface area contributed by atoms with E-state index in [1.807, 2.05) is 0 Å². The molecule has 2 aromatic rings. The molecule has 0 bridgehead atoms. The van der Waals surface area contributed by atoms with Crippen LogP contribution in [-0.2, 0) is 16.1 Å². The van der Waals surface area contributed by atoms with E-state index in [4.69, 9.17) is 9.47 Å². The molecule has 1 saturated heterocycles. The first kappa shape index (κ1) is 20.1. The van der Waals surface area contributed by atoms with E-state index in [0.717, 1.165) is 5.56 Å². The number of nitrogens with one attached hydrogen (secondary N) is 1. The summed E-state index contributed by atoms with van der Waals surface area (Å²) in [7, 11) is 3.05. The lowest BCUT2D eigenvalue weighted by molar-refractivity contribution is -0.384. The Morgan fingerprint density at radius 2 is 1.86 bits per heavy atom. The second kappa shape index (κ2) is 8.59. The Hall–Kier alpha value is -3.62. The number of non-ortho nitro benzene ring substituents is 1. The minimum Gasteiger partial charge on any atom is -0.493 e. The van der Waals surface area contributed by atoms with Crippen molar-refractivity contribution < 1.29 is 24.0 Å². The fraction of sp³-hybridized carbons (Fsp3) is 0.300. The summed E-state index contributed by atoms with van der Waals surface area (Å²) in [6.45, 7) is 0.498. The summed E-state index contributed by atoms with van der Waals surface area (Å²) in [6.07, 6.45) is 0.112. The van der Waals surface area contributed by atoms with Crippen molar-refractivity contribution in [1.82, 2.24) is 5.32 Å². The molecule has 9 heteroatoms. The molecule has 152 valence electrons. The van der Waals surface area contributed by atoms with Gasteiger partial charge in [0.05, 0.1) is 25.1 Å². The largest absolute Gasteiger partial charge is 0.493 e. The fourth-order valence-electron chi connectivity index (χ4n) is 3.19. The topological polar surface area (TPSA) is 111 Å². The third-order valence-electron chi connectivity index (χ3n) is 4.79. The van der Waals surface area contributed by atoms with Crippen LogP contribution in [0.15, 0.2) is 42.5 Å². The Bertz CT molecular complexity index is 928. The number of nitro groups is 1. The fourth-order valence-corrected chi connectivity index (χ4v) is 3.19. The van der Waals surface area contributed by atoms with Gasteiger partial charge < -0.3 is 19.7 Å². The van der Waals surface area contributed by atoms with E-state index in [9.17, 15) is 19.7 Å². The van der Waals surface area contributed by atoms with Crippen molar-refractivity contribution in [3.63, 3.8) is 0 Å². The molecule has 29 heavy (non-hydrogen) atoms. The maximum absolute atomic E-state index is 12.5. The maximum atomic E-state index is 12.5. The van der Waals surface area contributed by atoms with Crippen molar-refractivity contribution >= 4 is 23.2 Å². The molecule has 3 rings (SSSR count). The number of carbonyl (C=O) groups is 2. The summed E-state index contributed by atoms with van der Waals surface area (Å²) < 4.78 is 10.5. The molecule has 0 aliphatic carbocycles. The highest BCUT2D eigenvalue weighted by Gasteiger charge is 2.35. The summed E-state index contributed by atoms with van der Waals surface area (Å²) in [6, 6.07) is 11.1. The molecule has 0 aromatic heterocycles. The Kier molecular flexibility index (Phi) is 5.96. The molecule has 1 aliphatic heterocycles. The molecule has 1 fully saturated rings. The number of carbonyl (C=O) groups excluding carboxylic acids is 2. The van der Waals surface area contributed by atoms with Gasteiger partial charge in [0.15, 0.2) is 11.5 Å². The lowest BCUT2D eigenvalue weighted by atomic mass is 10.1. The number of nitrogens with zero attached hydrogens (tertiary/aromatic N) is 2. The number of amides is 2. The Morgan fingerprint density at radius 1 is 1.17 bits per heavy atom. The summed E-state index contributed by atoms with van der Waals surface area (Å²) in [5, 5.41) is 13.5. The summed E-state index contributed by atoms with van der Waals surface area (Å²) in [4.78, 5) is 36.7. The first-order valence-corrected chi connectivity index (χ1v) is 8.96. The van der Waals surface area contributed by atoms with Crippen molar-refractivity contribution in [2.75, 3.05) is 25.7 Å². The molecule has 2 aromatic carbocycles. The van der Waals surface area contributed by atoms with E-state index in [2.05, 4.69) is 5.32 Å². The molecule has 1 aliphatic rings. The molecule has 1 unspecified atom stereocenters. The highest BCUT2D eigenvalue weighted by molar-refractivity contribution is 6.00.